The summed E-state index contributed by atoms with van der Waals surface area (Å²) < 4.78 is 11.2. The third kappa shape index (κ3) is 5.27. The van der Waals surface area contributed by atoms with Crippen LogP contribution in [0, 0.1) is 11.8 Å². The van der Waals surface area contributed by atoms with E-state index in [2.05, 4.69) is 24.5 Å². The van der Waals surface area contributed by atoms with Gasteiger partial charge in [-0.15, -0.1) is 12.4 Å². The molecule has 0 spiro atoms. The maximum atomic E-state index is 12.5. The van der Waals surface area contributed by atoms with Gasteiger partial charge in [0.2, 0.25) is 5.91 Å². The highest BCUT2D eigenvalue weighted by molar-refractivity contribution is 5.85. The van der Waals surface area contributed by atoms with Crippen LogP contribution in [0.15, 0.2) is 18.2 Å². The molecule has 0 radical (unpaired) electrons. The first-order valence-corrected chi connectivity index (χ1v) is 9.57. The fraction of sp³-hybridized carbons (Fsp3) is 0.650. The van der Waals surface area contributed by atoms with Crippen LogP contribution in [0.2, 0.25) is 0 Å². The maximum Gasteiger partial charge on any atom is 0.220 e. The van der Waals surface area contributed by atoms with Crippen molar-refractivity contribution in [3.63, 3.8) is 0 Å². The number of hydrogen-bond donors (Lipinski definition) is 2. The summed E-state index contributed by atoms with van der Waals surface area (Å²) in [5.74, 6) is 2.80. The summed E-state index contributed by atoms with van der Waals surface area (Å²) in [7, 11) is 0. The Morgan fingerprint density at radius 3 is 2.62 bits per heavy atom. The third-order valence-electron chi connectivity index (χ3n) is 5.41. The SMILES string of the molecule is CCC(NC(=O)CC(C)C1CCNCC1)c1ccc2c(c1)OCCO2.Cl. The second kappa shape index (κ2) is 10.0. The molecule has 26 heavy (non-hydrogen) atoms. The topological polar surface area (TPSA) is 59.6 Å². The largest absolute Gasteiger partial charge is 0.486 e. The van der Waals surface area contributed by atoms with Crippen molar-refractivity contribution in [2.75, 3.05) is 26.3 Å². The van der Waals surface area contributed by atoms with Gasteiger partial charge in [0, 0.05) is 6.42 Å². The van der Waals surface area contributed by atoms with Gasteiger partial charge in [-0.25, -0.2) is 0 Å². The van der Waals surface area contributed by atoms with Gasteiger partial charge in [0.05, 0.1) is 6.04 Å². The molecule has 2 atom stereocenters. The molecule has 1 aromatic carbocycles. The summed E-state index contributed by atoms with van der Waals surface area (Å²) in [5.41, 5.74) is 1.08. The number of ether oxygens (including phenoxy) is 2. The summed E-state index contributed by atoms with van der Waals surface area (Å²) in [6.45, 7) is 7.62. The van der Waals surface area contributed by atoms with Gasteiger partial charge in [-0.3, -0.25) is 4.79 Å². The lowest BCUT2D eigenvalue weighted by molar-refractivity contribution is -0.123. The highest BCUT2D eigenvalue weighted by Gasteiger charge is 2.23. The molecule has 2 heterocycles. The summed E-state index contributed by atoms with van der Waals surface area (Å²) in [6, 6.07) is 5.98. The molecule has 2 aliphatic rings. The van der Waals surface area contributed by atoms with Gasteiger partial charge in [0.15, 0.2) is 11.5 Å². The number of halogens is 1. The van der Waals surface area contributed by atoms with Crippen LogP contribution in [0.3, 0.4) is 0 Å². The van der Waals surface area contributed by atoms with Crippen LogP contribution in [0.1, 0.15) is 51.1 Å². The van der Waals surface area contributed by atoms with Gasteiger partial charge in [0.25, 0.3) is 0 Å². The van der Waals surface area contributed by atoms with E-state index in [1.165, 1.54) is 12.8 Å². The Kier molecular flexibility index (Phi) is 8.04. The van der Waals surface area contributed by atoms with E-state index in [-0.39, 0.29) is 24.4 Å². The Morgan fingerprint density at radius 2 is 1.92 bits per heavy atom. The van der Waals surface area contributed by atoms with Crippen molar-refractivity contribution in [2.24, 2.45) is 11.8 Å². The number of rotatable bonds is 6. The minimum absolute atomic E-state index is 0. The number of hydrogen-bond acceptors (Lipinski definition) is 4. The van der Waals surface area contributed by atoms with Crippen molar-refractivity contribution in [1.29, 1.82) is 0 Å². The number of nitrogens with one attached hydrogen (secondary N) is 2. The van der Waals surface area contributed by atoms with E-state index in [9.17, 15) is 4.79 Å². The zero-order chi connectivity index (χ0) is 17.6. The Bertz CT molecular complexity index is 590. The van der Waals surface area contributed by atoms with Crippen LogP contribution in [0.25, 0.3) is 0 Å². The van der Waals surface area contributed by atoms with E-state index in [1.54, 1.807) is 0 Å². The molecule has 3 rings (SSSR count). The Hall–Kier alpha value is -1.46. The van der Waals surface area contributed by atoms with Gasteiger partial charge in [-0.1, -0.05) is 19.9 Å². The smallest absolute Gasteiger partial charge is 0.220 e. The lowest BCUT2D eigenvalue weighted by atomic mass is 9.84. The molecule has 5 nitrogen and oxygen atoms in total. The van der Waals surface area contributed by atoms with Gasteiger partial charge < -0.3 is 20.1 Å². The molecule has 146 valence electrons. The Labute approximate surface area is 162 Å². The number of amides is 1. The quantitative estimate of drug-likeness (QED) is 0.790. The van der Waals surface area contributed by atoms with E-state index in [1.807, 2.05) is 18.2 Å². The number of fused-ring (bicyclic) bond motifs is 1. The molecule has 1 saturated heterocycles. The Morgan fingerprint density at radius 1 is 1.23 bits per heavy atom. The van der Waals surface area contributed by atoms with E-state index < -0.39 is 0 Å². The minimum atomic E-state index is 0. The van der Waals surface area contributed by atoms with Crippen molar-refractivity contribution < 1.29 is 14.3 Å². The summed E-state index contributed by atoms with van der Waals surface area (Å²) in [6.07, 6.45) is 3.81. The number of carbonyl (C=O) groups excluding carboxylic acids is 1. The predicted molar refractivity (Wildman–Crippen MR) is 105 cm³/mol. The first kappa shape index (κ1) is 20.8. The average molecular weight is 383 g/mol. The number of piperidine rings is 1. The summed E-state index contributed by atoms with van der Waals surface area (Å²) in [5, 5.41) is 6.60. The third-order valence-corrected chi connectivity index (χ3v) is 5.41. The van der Waals surface area contributed by atoms with Crippen molar-refractivity contribution >= 4 is 18.3 Å². The molecule has 0 saturated carbocycles. The molecule has 2 unspecified atom stereocenters. The average Bonchev–Trinajstić information content (AvgIpc) is 2.66. The number of benzene rings is 1. The molecule has 2 N–H and O–H groups in total. The molecule has 1 aromatic rings. The van der Waals surface area contributed by atoms with Crippen LogP contribution in [0.4, 0.5) is 0 Å². The first-order valence-electron chi connectivity index (χ1n) is 9.57. The van der Waals surface area contributed by atoms with Crippen molar-refractivity contribution in [3.05, 3.63) is 23.8 Å². The molecule has 1 fully saturated rings. The van der Waals surface area contributed by atoms with Crippen LogP contribution in [-0.2, 0) is 4.79 Å². The fourth-order valence-corrected chi connectivity index (χ4v) is 3.82. The number of carbonyl (C=O) groups is 1. The normalized spacial score (nSPS) is 19.2. The molecular weight excluding hydrogens is 352 g/mol. The van der Waals surface area contributed by atoms with Crippen LogP contribution in [0.5, 0.6) is 11.5 Å². The van der Waals surface area contributed by atoms with Crippen molar-refractivity contribution in [3.8, 4) is 11.5 Å². The van der Waals surface area contributed by atoms with Crippen molar-refractivity contribution in [1.82, 2.24) is 10.6 Å². The fourth-order valence-electron chi connectivity index (χ4n) is 3.82. The van der Waals surface area contributed by atoms with Gasteiger partial charge >= 0.3 is 0 Å². The van der Waals surface area contributed by atoms with E-state index in [0.717, 1.165) is 36.6 Å². The highest BCUT2D eigenvalue weighted by atomic mass is 35.5. The standard InChI is InChI=1S/C20H30N2O3.ClH/c1-3-17(16-4-5-18-19(13-16)25-11-10-24-18)22-20(23)12-14(2)15-6-8-21-9-7-15;/h4-5,13-15,17,21H,3,6-12H2,1-2H3,(H,22,23);1H. The van der Waals surface area contributed by atoms with Crippen LogP contribution < -0.4 is 20.1 Å². The molecule has 0 bridgehead atoms. The van der Waals surface area contributed by atoms with E-state index >= 15 is 0 Å². The maximum absolute atomic E-state index is 12.5. The van der Waals surface area contributed by atoms with Crippen LogP contribution >= 0.6 is 12.4 Å². The second-order valence-corrected chi connectivity index (χ2v) is 7.20. The molecular formula is C20H31ClN2O3. The van der Waals surface area contributed by atoms with Gasteiger partial charge in [0.1, 0.15) is 13.2 Å². The molecule has 1 amide bonds. The van der Waals surface area contributed by atoms with Gasteiger partial charge in [-0.2, -0.15) is 0 Å². The van der Waals surface area contributed by atoms with E-state index in [4.69, 9.17) is 9.47 Å². The zero-order valence-electron chi connectivity index (χ0n) is 15.8. The Balaban J connectivity index is 0.00000243. The molecule has 0 aromatic heterocycles. The predicted octanol–water partition coefficient (Wildman–Crippen LogP) is 3.47. The van der Waals surface area contributed by atoms with Crippen LogP contribution in [-0.4, -0.2) is 32.2 Å². The summed E-state index contributed by atoms with van der Waals surface area (Å²) in [4.78, 5) is 12.5. The zero-order valence-corrected chi connectivity index (χ0v) is 16.6. The van der Waals surface area contributed by atoms with Crippen molar-refractivity contribution in [2.45, 2.75) is 45.6 Å². The first-order chi connectivity index (χ1) is 12.2. The minimum Gasteiger partial charge on any atom is -0.486 e. The molecule has 6 heteroatoms. The highest BCUT2D eigenvalue weighted by Crippen LogP contribution is 2.33. The lowest BCUT2D eigenvalue weighted by Gasteiger charge is -2.28. The lowest BCUT2D eigenvalue weighted by Crippen LogP contribution is -2.34. The molecule has 0 aliphatic carbocycles. The van der Waals surface area contributed by atoms with Gasteiger partial charge in [-0.05, 0) is 61.9 Å². The molecule has 2 aliphatic heterocycles. The van der Waals surface area contributed by atoms with E-state index in [0.29, 0.717) is 31.5 Å². The summed E-state index contributed by atoms with van der Waals surface area (Å²) >= 11 is 0. The second-order valence-electron chi connectivity index (χ2n) is 7.20. The monoisotopic (exact) mass is 382 g/mol.